The first-order valence-corrected chi connectivity index (χ1v) is 11.7. The van der Waals surface area contributed by atoms with Crippen LogP contribution in [0.1, 0.15) is 16.7 Å². The maximum Gasteiger partial charge on any atom is 0.261 e. The minimum atomic E-state index is -0.692. The summed E-state index contributed by atoms with van der Waals surface area (Å²) in [7, 11) is 1.58. The van der Waals surface area contributed by atoms with Crippen LogP contribution >= 0.6 is 27.5 Å². The van der Waals surface area contributed by atoms with Gasteiger partial charge in [0, 0.05) is 25.0 Å². The molecule has 0 saturated carbocycles. The average molecular weight is 530 g/mol. The number of amides is 2. The average Bonchev–Trinajstić information content (AvgIpc) is 2.81. The van der Waals surface area contributed by atoms with Crippen molar-refractivity contribution in [3.63, 3.8) is 0 Å². The van der Waals surface area contributed by atoms with Crippen LogP contribution in [0.15, 0.2) is 77.3 Å². The maximum absolute atomic E-state index is 13.4. The molecule has 0 bridgehead atoms. The molecule has 0 aliphatic heterocycles. The molecule has 3 aromatic rings. The number of nitrogens with one attached hydrogen (secondary N) is 1. The van der Waals surface area contributed by atoms with E-state index in [0.29, 0.717) is 21.7 Å². The molecular weight excluding hydrogens is 504 g/mol. The highest BCUT2D eigenvalue weighted by atomic mass is 79.9. The van der Waals surface area contributed by atoms with Crippen LogP contribution in [0.2, 0.25) is 5.02 Å². The van der Waals surface area contributed by atoms with Crippen LogP contribution in [-0.2, 0) is 22.6 Å². The second-order valence-electron chi connectivity index (χ2n) is 7.69. The van der Waals surface area contributed by atoms with Gasteiger partial charge in [0.05, 0.1) is 4.47 Å². The van der Waals surface area contributed by atoms with Gasteiger partial charge in [0.2, 0.25) is 5.91 Å². The summed E-state index contributed by atoms with van der Waals surface area (Å²) in [5, 5.41) is 3.27. The number of likely N-dealkylation sites (N-methyl/N-ethyl adjacent to an activating group) is 1. The first-order chi connectivity index (χ1) is 15.9. The van der Waals surface area contributed by atoms with Crippen LogP contribution in [0, 0.1) is 6.92 Å². The molecule has 3 rings (SSSR count). The molecule has 0 radical (unpaired) electrons. The predicted molar refractivity (Wildman–Crippen MR) is 134 cm³/mol. The third-order valence-corrected chi connectivity index (χ3v) is 6.05. The second kappa shape index (κ2) is 11.9. The van der Waals surface area contributed by atoms with E-state index >= 15 is 0 Å². The molecule has 1 N–H and O–H groups in total. The Bertz CT molecular complexity index is 1110. The van der Waals surface area contributed by atoms with Gasteiger partial charge in [-0.1, -0.05) is 71.8 Å². The van der Waals surface area contributed by atoms with E-state index in [1.807, 2.05) is 61.5 Å². The topological polar surface area (TPSA) is 58.6 Å². The lowest BCUT2D eigenvalue weighted by molar-refractivity contribution is -0.142. The van der Waals surface area contributed by atoms with Gasteiger partial charge in [0.15, 0.2) is 6.61 Å². The number of nitrogens with zero attached hydrogens (tertiary/aromatic N) is 1. The van der Waals surface area contributed by atoms with Crippen molar-refractivity contribution in [1.82, 2.24) is 10.2 Å². The predicted octanol–water partition coefficient (Wildman–Crippen LogP) is 5.18. The molecular formula is C26H26BrClN2O3. The monoisotopic (exact) mass is 528 g/mol. The molecule has 0 heterocycles. The summed E-state index contributed by atoms with van der Waals surface area (Å²) in [6.45, 7) is 2.07. The van der Waals surface area contributed by atoms with E-state index in [9.17, 15) is 9.59 Å². The van der Waals surface area contributed by atoms with E-state index in [2.05, 4.69) is 21.2 Å². The summed E-state index contributed by atoms with van der Waals surface area (Å²) < 4.78 is 6.43. The molecule has 1 atom stereocenters. The third-order valence-electron chi connectivity index (χ3n) is 5.20. The number of hydrogen-bond donors (Lipinski definition) is 1. The van der Waals surface area contributed by atoms with E-state index < -0.39 is 6.04 Å². The first kappa shape index (κ1) is 24.8. The molecule has 0 aliphatic carbocycles. The van der Waals surface area contributed by atoms with Crippen molar-refractivity contribution in [2.75, 3.05) is 13.7 Å². The molecule has 0 saturated heterocycles. The Morgan fingerprint density at radius 1 is 1.03 bits per heavy atom. The van der Waals surface area contributed by atoms with Crippen molar-refractivity contribution in [1.29, 1.82) is 0 Å². The molecule has 5 nitrogen and oxygen atoms in total. The van der Waals surface area contributed by atoms with Gasteiger partial charge in [-0.25, -0.2) is 0 Å². The zero-order valence-electron chi connectivity index (χ0n) is 18.6. The first-order valence-electron chi connectivity index (χ1n) is 10.6. The minimum absolute atomic E-state index is 0.214. The molecule has 0 aromatic heterocycles. The van der Waals surface area contributed by atoms with Crippen LogP contribution in [0.25, 0.3) is 0 Å². The van der Waals surface area contributed by atoms with E-state index in [0.717, 1.165) is 16.7 Å². The fraction of sp³-hybridized carbons (Fsp3) is 0.231. The van der Waals surface area contributed by atoms with E-state index in [1.165, 1.54) is 0 Å². The Morgan fingerprint density at radius 2 is 1.76 bits per heavy atom. The summed E-state index contributed by atoms with van der Waals surface area (Å²) in [4.78, 5) is 27.9. The summed E-state index contributed by atoms with van der Waals surface area (Å²) in [6, 6.07) is 22.0. The summed E-state index contributed by atoms with van der Waals surface area (Å²) in [6.07, 6.45) is 0.392. The zero-order chi connectivity index (χ0) is 23.8. The van der Waals surface area contributed by atoms with Crippen molar-refractivity contribution in [3.8, 4) is 5.75 Å². The third kappa shape index (κ3) is 7.07. The number of carbonyl (C=O) groups excluding carboxylic acids is 2. The lowest BCUT2D eigenvalue weighted by atomic mass is 10.0. The standard InChI is InChI=1S/C26H26BrClN2O3/c1-18-7-6-10-20(13-18)16-30(23(26(32)29-2)14-19-8-4-3-5-9-19)25(31)17-33-24-12-11-21(28)15-22(24)27/h3-13,15,23H,14,16-17H2,1-2H3,(H,29,32)/t23-/m1/s1. The highest BCUT2D eigenvalue weighted by Gasteiger charge is 2.30. The largest absolute Gasteiger partial charge is 0.483 e. The Kier molecular flexibility index (Phi) is 8.92. The van der Waals surface area contributed by atoms with Gasteiger partial charge in [-0.05, 0) is 52.2 Å². The second-order valence-corrected chi connectivity index (χ2v) is 8.98. The smallest absolute Gasteiger partial charge is 0.261 e. The number of benzene rings is 3. The Balaban J connectivity index is 1.88. The van der Waals surface area contributed by atoms with Crippen LogP contribution < -0.4 is 10.1 Å². The van der Waals surface area contributed by atoms with Crippen molar-refractivity contribution in [3.05, 3.63) is 99.0 Å². The maximum atomic E-state index is 13.4. The van der Waals surface area contributed by atoms with E-state index in [4.69, 9.17) is 16.3 Å². The molecule has 172 valence electrons. The van der Waals surface area contributed by atoms with E-state index in [1.54, 1.807) is 30.1 Å². The quantitative estimate of drug-likeness (QED) is 0.416. The fourth-order valence-corrected chi connectivity index (χ4v) is 4.34. The number of halogens is 2. The lowest BCUT2D eigenvalue weighted by Crippen LogP contribution is -2.51. The Labute approximate surface area is 207 Å². The molecule has 3 aromatic carbocycles. The zero-order valence-corrected chi connectivity index (χ0v) is 20.9. The number of rotatable bonds is 9. The van der Waals surface area contributed by atoms with Crippen molar-refractivity contribution in [2.45, 2.75) is 25.9 Å². The van der Waals surface area contributed by atoms with Gasteiger partial charge in [-0.2, -0.15) is 0 Å². The van der Waals surface area contributed by atoms with Crippen LogP contribution in [0.5, 0.6) is 5.75 Å². The van der Waals surface area contributed by atoms with Gasteiger partial charge in [0.1, 0.15) is 11.8 Å². The number of ether oxygens (including phenoxy) is 1. The summed E-state index contributed by atoms with van der Waals surface area (Å²) >= 11 is 9.40. The Hall–Kier alpha value is -2.83. The normalized spacial score (nSPS) is 11.5. The summed E-state index contributed by atoms with van der Waals surface area (Å²) in [5.41, 5.74) is 2.99. The Morgan fingerprint density at radius 3 is 2.42 bits per heavy atom. The van der Waals surface area contributed by atoms with Crippen LogP contribution in [0.3, 0.4) is 0 Å². The van der Waals surface area contributed by atoms with Gasteiger partial charge in [-0.3, -0.25) is 9.59 Å². The van der Waals surface area contributed by atoms with Gasteiger partial charge >= 0.3 is 0 Å². The van der Waals surface area contributed by atoms with Gasteiger partial charge in [-0.15, -0.1) is 0 Å². The highest BCUT2D eigenvalue weighted by molar-refractivity contribution is 9.10. The molecule has 0 spiro atoms. The highest BCUT2D eigenvalue weighted by Crippen LogP contribution is 2.28. The molecule has 0 aliphatic rings. The van der Waals surface area contributed by atoms with Crippen molar-refractivity contribution in [2.24, 2.45) is 0 Å². The van der Waals surface area contributed by atoms with Crippen molar-refractivity contribution < 1.29 is 14.3 Å². The number of aryl methyl sites for hydroxylation is 1. The van der Waals surface area contributed by atoms with Crippen LogP contribution in [0.4, 0.5) is 0 Å². The van der Waals surface area contributed by atoms with Gasteiger partial charge < -0.3 is 15.0 Å². The molecule has 2 amide bonds. The van der Waals surface area contributed by atoms with Crippen LogP contribution in [-0.4, -0.2) is 36.4 Å². The van der Waals surface area contributed by atoms with E-state index in [-0.39, 0.29) is 25.0 Å². The minimum Gasteiger partial charge on any atom is -0.483 e. The molecule has 7 heteroatoms. The SMILES string of the molecule is CNC(=O)[C@@H](Cc1ccccc1)N(Cc1cccc(C)c1)C(=O)COc1ccc(Cl)cc1Br. The number of hydrogen-bond acceptors (Lipinski definition) is 3. The fourth-order valence-electron chi connectivity index (χ4n) is 3.54. The molecule has 0 unspecified atom stereocenters. The number of carbonyl (C=O) groups is 2. The lowest BCUT2D eigenvalue weighted by Gasteiger charge is -2.31. The van der Waals surface area contributed by atoms with Crippen molar-refractivity contribution >= 4 is 39.3 Å². The summed E-state index contributed by atoms with van der Waals surface area (Å²) in [5.74, 6) is -0.0155. The molecule has 0 fully saturated rings. The molecule has 33 heavy (non-hydrogen) atoms. The van der Waals surface area contributed by atoms with Gasteiger partial charge in [0.25, 0.3) is 5.91 Å².